The van der Waals surface area contributed by atoms with E-state index in [0.29, 0.717) is 4.38 Å². The maximum Gasteiger partial charge on any atom is 0.216 e. The van der Waals surface area contributed by atoms with Crippen LogP contribution in [-0.4, -0.2) is 11.0 Å². The number of ether oxygens (including phenoxy) is 1. The van der Waals surface area contributed by atoms with Crippen molar-refractivity contribution < 1.29 is 27.1 Å². The van der Waals surface area contributed by atoms with Gasteiger partial charge in [0.1, 0.15) is 0 Å². The second kappa shape index (κ2) is 9.98. The van der Waals surface area contributed by atoms with E-state index in [0.717, 1.165) is 13.0 Å². The van der Waals surface area contributed by atoms with Crippen LogP contribution in [0.3, 0.4) is 0 Å². The topological polar surface area (TPSA) is 9.23 Å². The van der Waals surface area contributed by atoms with E-state index in [4.69, 9.17) is 4.74 Å². The maximum absolute atomic E-state index is 4.94. The number of hydrogen-bond donors (Lipinski definition) is 1. The minimum Gasteiger partial charge on any atom is -0.479 e. The smallest absolute Gasteiger partial charge is 0.216 e. The van der Waals surface area contributed by atoms with Gasteiger partial charge in [-0.25, -0.2) is 0 Å². The van der Waals surface area contributed by atoms with Gasteiger partial charge in [0, 0.05) is 22.4 Å². The Kier molecular flexibility index (Phi) is 13.5. The van der Waals surface area contributed by atoms with Crippen molar-refractivity contribution >= 4 is 29.2 Å². The molecule has 10 heavy (non-hydrogen) atoms. The summed E-state index contributed by atoms with van der Waals surface area (Å²) < 4.78 is 5.29. The molecule has 65 valence electrons. The quantitative estimate of drug-likeness (QED) is 0.364. The molecule has 0 heterocycles. The Morgan fingerprint density at radius 2 is 2.10 bits per heavy atom. The summed E-state index contributed by atoms with van der Waals surface area (Å²) in [5, 5.41) is 0. The van der Waals surface area contributed by atoms with E-state index >= 15 is 0 Å². The van der Waals surface area contributed by atoms with Crippen LogP contribution in [0, 0.1) is 0 Å². The largest absolute Gasteiger partial charge is 0.479 e. The van der Waals surface area contributed by atoms with Crippen LogP contribution in [0.4, 0.5) is 0 Å². The minimum absolute atomic E-state index is 0. The molecule has 0 aromatic rings. The Bertz CT molecular complexity index is 87.8. The SMILES string of the molecule is CCCCCOC(=S)S.[Ag]. The van der Waals surface area contributed by atoms with E-state index in [1.807, 2.05) is 0 Å². The van der Waals surface area contributed by atoms with Crippen LogP contribution < -0.4 is 0 Å². The number of thiol groups is 1. The van der Waals surface area contributed by atoms with E-state index in [-0.39, 0.29) is 22.4 Å². The van der Waals surface area contributed by atoms with E-state index in [9.17, 15) is 0 Å². The Morgan fingerprint density at radius 3 is 2.50 bits per heavy atom. The fourth-order valence-corrected chi connectivity index (χ4v) is 0.686. The molecule has 0 fully saturated rings. The van der Waals surface area contributed by atoms with Gasteiger partial charge in [-0.1, -0.05) is 32.4 Å². The summed E-state index contributed by atoms with van der Waals surface area (Å²) in [6.45, 7) is 2.87. The molecular weight excluding hydrogens is 260 g/mol. The molecule has 0 aliphatic carbocycles. The first kappa shape index (κ1) is 13.6. The normalized spacial score (nSPS) is 8.20. The van der Waals surface area contributed by atoms with Crippen molar-refractivity contribution in [3.05, 3.63) is 0 Å². The second-order valence-electron chi connectivity index (χ2n) is 1.82. The standard InChI is InChI=1S/C6H12OS2.Ag/c1-2-3-4-5-7-6(8)9;/h2-5H2,1H3,(H,8,9);. The molecule has 0 saturated carbocycles. The molecule has 0 spiro atoms. The van der Waals surface area contributed by atoms with Gasteiger partial charge in [0.25, 0.3) is 0 Å². The van der Waals surface area contributed by atoms with Gasteiger partial charge in [-0.3, -0.25) is 0 Å². The monoisotopic (exact) mass is 271 g/mol. The Hall–Kier alpha value is 0.980. The first-order chi connectivity index (χ1) is 4.27. The molecule has 1 nitrogen and oxygen atoms in total. The minimum atomic E-state index is 0. The van der Waals surface area contributed by atoms with Crippen LogP contribution in [-0.2, 0) is 27.1 Å². The molecule has 0 aromatic carbocycles. The van der Waals surface area contributed by atoms with Gasteiger partial charge in [-0.15, -0.1) is 0 Å². The van der Waals surface area contributed by atoms with E-state index in [2.05, 4.69) is 31.8 Å². The number of hydrogen-bond acceptors (Lipinski definition) is 2. The molecular formula is C6H12AgOS2. The van der Waals surface area contributed by atoms with Gasteiger partial charge in [-0.05, 0) is 18.6 Å². The van der Waals surface area contributed by atoms with Crippen LogP contribution >= 0.6 is 24.8 Å². The number of rotatable bonds is 4. The van der Waals surface area contributed by atoms with Crippen LogP contribution in [0.5, 0.6) is 0 Å². The second-order valence-corrected chi connectivity index (χ2v) is 2.90. The third-order valence-electron chi connectivity index (χ3n) is 0.973. The van der Waals surface area contributed by atoms with Crippen molar-refractivity contribution in [1.82, 2.24) is 0 Å². The van der Waals surface area contributed by atoms with E-state index in [1.165, 1.54) is 12.8 Å². The van der Waals surface area contributed by atoms with Gasteiger partial charge >= 0.3 is 0 Å². The van der Waals surface area contributed by atoms with Gasteiger partial charge in [0.15, 0.2) is 0 Å². The van der Waals surface area contributed by atoms with Gasteiger partial charge in [-0.2, -0.15) is 0 Å². The van der Waals surface area contributed by atoms with Crippen LogP contribution in [0.25, 0.3) is 0 Å². The average molecular weight is 272 g/mol. The van der Waals surface area contributed by atoms with Crippen LogP contribution in [0.1, 0.15) is 26.2 Å². The summed E-state index contributed by atoms with van der Waals surface area (Å²) in [5.41, 5.74) is 0. The summed E-state index contributed by atoms with van der Waals surface area (Å²) in [4.78, 5) is 0. The average Bonchev–Trinajstić information content (AvgIpc) is 1.80. The third kappa shape index (κ3) is 11.7. The van der Waals surface area contributed by atoms with Crippen LogP contribution in [0.15, 0.2) is 0 Å². The number of thiocarbonyl (C=S) groups is 1. The zero-order chi connectivity index (χ0) is 7.11. The molecule has 4 heteroatoms. The fraction of sp³-hybridized carbons (Fsp3) is 0.833. The van der Waals surface area contributed by atoms with E-state index in [1.54, 1.807) is 0 Å². The summed E-state index contributed by atoms with van der Waals surface area (Å²) >= 11 is 8.40. The van der Waals surface area contributed by atoms with Crippen molar-refractivity contribution in [2.45, 2.75) is 26.2 Å². The molecule has 0 aromatic heterocycles. The number of unbranched alkanes of at least 4 members (excludes halogenated alkanes) is 2. The molecule has 0 N–H and O–H groups in total. The van der Waals surface area contributed by atoms with Gasteiger partial charge in [0.2, 0.25) is 4.38 Å². The van der Waals surface area contributed by atoms with Crippen molar-refractivity contribution in [3.8, 4) is 0 Å². The molecule has 0 bridgehead atoms. The van der Waals surface area contributed by atoms with Crippen molar-refractivity contribution in [3.63, 3.8) is 0 Å². The van der Waals surface area contributed by atoms with Crippen LogP contribution in [0.2, 0.25) is 0 Å². The summed E-state index contributed by atoms with van der Waals surface area (Å²) in [7, 11) is 0. The first-order valence-electron chi connectivity index (χ1n) is 3.13. The molecule has 0 aliphatic rings. The molecule has 0 saturated heterocycles. The van der Waals surface area contributed by atoms with Gasteiger partial charge < -0.3 is 4.74 Å². The van der Waals surface area contributed by atoms with E-state index < -0.39 is 0 Å². The molecule has 0 amide bonds. The third-order valence-corrected chi connectivity index (χ3v) is 1.22. The maximum atomic E-state index is 4.94. The fourth-order valence-electron chi connectivity index (χ4n) is 0.512. The zero-order valence-corrected chi connectivity index (χ0v) is 9.09. The Morgan fingerprint density at radius 1 is 1.50 bits per heavy atom. The molecule has 0 aliphatic heterocycles. The summed E-state index contributed by atoms with van der Waals surface area (Å²) in [6.07, 6.45) is 3.50. The predicted molar refractivity (Wildman–Crippen MR) is 47.1 cm³/mol. The molecule has 0 atom stereocenters. The Balaban J connectivity index is 0. The zero-order valence-electron chi connectivity index (χ0n) is 5.89. The summed E-state index contributed by atoms with van der Waals surface area (Å²) in [5.74, 6) is 0. The molecule has 0 unspecified atom stereocenters. The van der Waals surface area contributed by atoms with Gasteiger partial charge in [0.05, 0.1) is 6.61 Å². The molecule has 0 rings (SSSR count). The Labute approximate surface area is 88.8 Å². The summed E-state index contributed by atoms with van der Waals surface area (Å²) in [6, 6.07) is 0. The predicted octanol–water partition coefficient (Wildman–Crippen LogP) is 2.41. The van der Waals surface area contributed by atoms with Crippen molar-refractivity contribution in [2.24, 2.45) is 0 Å². The van der Waals surface area contributed by atoms with Crippen molar-refractivity contribution in [2.75, 3.05) is 6.61 Å². The first-order valence-corrected chi connectivity index (χ1v) is 3.98. The molecule has 1 radical (unpaired) electrons. The van der Waals surface area contributed by atoms with Crippen molar-refractivity contribution in [1.29, 1.82) is 0 Å².